The molecule has 0 spiro atoms. The summed E-state index contributed by atoms with van der Waals surface area (Å²) in [6, 6.07) is 67.9. The molecular formula is C66H46F3N3. The smallest absolute Gasteiger partial charge is 0.309 e. The zero-order valence-corrected chi connectivity index (χ0v) is 40.1. The molecule has 0 saturated carbocycles. The van der Waals surface area contributed by atoms with Crippen molar-refractivity contribution in [3.63, 3.8) is 0 Å². The SMILES string of the molecule is [C-]#[N+]c1cccc(-c2ccc(-n3c4ccc(-c5ccc(C)cc5)cc4c4cc(-c5ccc(C)cc5)ccc43)c(C(F)(F)F)c2-n2c3ccc(-c4ccc(C)cc4)cc3c3cc(-c4ccc(C)cc4)ccc32)c1. The molecule has 0 radical (unpaired) electrons. The van der Waals surface area contributed by atoms with Crippen LogP contribution in [0.15, 0.2) is 206 Å². The Kier molecular flexibility index (Phi) is 10.6. The molecule has 10 aromatic carbocycles. The fourth-order valence-corrected chi connectivity index (χ4v) is 10.5. The number of nitrogens with zero attached hydrogens (tertiary/aromatic N) is 3. The van der Waals surface area contributed by atoms with Crippen LogP contribution in [0.25, 0.3) is 115 Å². The summed E-state index contributed by atoms with van der Waals surface area (Å²) in [5, 5.41) is 3.32. The van der Waals surface area contributed by atoms with Crippen molar-refractivity contribution in [2.45, 2.75) is 33.9 Å². The van der Waals surface area contributed by atoms with E-state index in [-0.39, 0.29) is 11.4 Å². The Morgan fingerprint density at radius 2 is 0.708 bits per heavy atom. The van der Waals surface area contributed by atoms with E-state index >= 15 is 13.2 Å². The second-order valence-electron chi connectivity index (χ2n) is 19.1. The quantitative estimate of drug-likeness (QED) is 0.141. The molecule has 0 unspecified atom stereocenters. The van der Waals surface area contributed by atoms with Gasteiger partial charge >= 0.3 is 6.18 Å². The lowest BCUT2D eigenvalue weighted by atomic mass is 9.96. The van der Waals surface area contributed by atoms with E-state index in [2.05, 4.69) is 154 Å². The van der Waals surface area contributed by atoms with E-state index in [1.54, 1.807) is 41.0 Å². The second kappa shape index (κ2) is 17.2. The van der Waals surface area contributed by atoms with Crippen LogP contribution in [0.5, 0.6) is 0 Å². The zero-order valence-electron chi connectivity index (χ0n) is 40.1. The first-order chi connectivity index (χ1) is 34.9. The van der Waals surface area contributed by atoms with Gasteiger partial charge in [-0.15, -0.1) is 0 Å². The van der Waals surface area contributed by atoms with Gasteiger partial charge in [-0.05, 0) is 138 Å². The highest BCUT2D eigenvalue weighted by Crippen LogP contribution is 2.49. The molecule has 0 aliphatic carbocycles. The number of benzene rings is 10. The van der Waals surface area contributed by atoms with Crippen LogP contribution in [0.4, 0.5) is 18.9 Å². The molecule has 3 nitrogen and oxygen atoms in total. The predicted octanol–water partition coefficient (Wildman–Crippen LogP) is 19.0. The maximum absolute atomic E-state index is 17.1. The number of aryl methyl sites for hydroxylation is 4. The lowest BCUT2D eigenvalue weighted by Crippen LogP contribution is -2.16. The van der Waals surface area contributed by atoms with Crippen molar-refractivity contribution < 1.29 is 13.2 Å². The van der Waals surface area contributed by atoms with Gasteiger partial charge in [-0.2, -0.15) is 13.2 Å². The van der Waals surface area contributed by atoms with Gasteiger partial charge in [-0.1, -0.05) is 168 Å². The number of hydrogen-bond acceptors (Lipinski definition) is 0. The van der Waals surface area contributed by atoms with Crippen LogP contribution in [0, 0.1) is 34.3 Å². The molecule has 0 atom stereocenters. The number of rotatable bonds is 7. The van der Waals surface area contributed by atoms with Gasteiger partial charge in [-0.3, -0.25) is 0 Å². The Morgan fingerprint density at radius 1 is 0.361 bits per heavy atom. The average Bonchev–Trinajstić information content (AvgIpc) is 3.90. The van der Waals surface area contributed by atoms with E-state index in [0.29, 0.717) is 38.9 Å². The summed E-state index contributed by atoms with van der Waals surface area (Å²) in [4.78, 5) is 3.72. The summed E-state index contributed by atoms with van der Waals surface area (Å²) in [5.74, 6) is 0. The molecule has 2 heterocycles. The molecule has 72 heavy (non-hydrogen) atoms. The lowest BCUT2D eigenvalue weighted by molar-refractivity contribution is -0.137. The van der Waals surface area contributed by atoms with E-state index < -0.39 is 11.7 Å². The normalized spacial score (nSPS) is 11.8. The Morgan fingerprint density at radius 3 is 1.06 bits per heavy atom. The van der Waals surface area contributed by atoms with Gasteiger partial charge in [0.2, 0.25) is 0 Å². The Bertz CT molecular complexity index is 3940. The van der Waals surface area contributed by atoms with Crippen LogP contribution in [0.2, 0.25) is 0 Å². The number of halogens is 3. The Labute approximate surface area is 416 Å². The van der Waals surface area contributed by atoms with Gasteiger partial charge in [0.15, 0.2) is 5.69 Å². The van der Waals surface area contributed by atoms with Crippen LogP contribution in [-0.2, 0) is 6.18 Å². The third kappa shape index (κ3) is 7.62. The van der Waals surface area contributed by atoms with Gasteiger partial charge in [0.25, 0.3) is 0 Å². The van der Waals surface area contributed by atoms with Crippen molar-refractivity contribution in [1.82, 2.24) is 9.13 Å². The standard InChI is InChI=1S/C66H46F3N3/c1-40-9-17-44(18-10-40)48-25-30-59-55(36-48)56-37-49(45-19-11-41(2)12-20-45)26-31-60(56)71(59)63-34-29-54(52-7-6-8-53(35-52)70-5)65(64(63)66(67,68)69)72-61-32-27-50(46-21-13-42(3)14-22-46)38-57(61)58-39-51(28-33-62(58)72)47-23-15-43(4)16-24-47/h6-39H,1-4H3. The minimum absolute atomic E-state index is 0.00342. The highest BCUT2D eigenvalue weighted by molar-refractivity contribution is 6.14. The van der Waals surface area contributed by atoms with Crippen LogP contribution < -0.4 is 0 Å². The minimum atomic E-state index is -4.88. The van der Waals surface area contributed by atoms with Gasteiger partial charge in [0, 0.05) is 27.1 Å². The summed E-state index contributed by atoms with van der Waals surface area (Å²) in [7, 11) is 0. The van der Waals surface area contributed by atoms with Crippen molar-refractivity contribution in [1.29, 1.82) is 0 Å². The fraction of sp³-hybridized carbons (Fsp3) is 0.0758. The highest BCUT2D eigenvalue weighted by Gasteiger charge is 2.40. The van der Waals surface area contributed by atoms with Gasteiger partial charge in [0.05, 0.1) is 40.0 Å². The van der Waals surface area contributed by atoms with E-state index in [4.69, 9.17) is 6.57 Å². The number of alkyl halides is 3. The molecular weight excluding hydrogens is 892 g/mol. The molecule has 346 valence electrons. The summed E-state index contributed by atoms with van der Waals surface area (Å²) in [5.41, 5.74) is 15.4. The first-order valence-corrected chi connectivity index (χ1v) is 24.1. The van der Waals surface area contributed by atoms with Gasteiger partial charge < -0.3 is 9.13 Å². The minimum Gasteiger partial charge on any atom is -0.309 e. The highest BCUT2D eigenvalue weighted by atomic mass is 19.4. The molecule has 0 amide bonds. The van der Waals surface area contributed by atoms with Crippen molar-refractivity contribution >= 4 is 49.3 Å². The van der Waals surface area contributed by atoms with Crippen molar-refractivity contribution in [2.75, 3.05) is 0 Å². The van der Waals surface area contributed by atoms with Crippen molar-refractivity contribution in [3.05, 3.63) is 245 Å². The first-order valence-electron chi connectivity index (χ1n) is 24.1. The van der Waals surface area contributed by atoms with Gasteiger partial charge in [0.1, 0.15) is 5.56 Å². The maximum atomic E-state index is 17.1. The largest absolute Gasteiger partial charge is 0.420 e. The third-order valence-corrected chi connectivity index (χ3v) is 14.3. The van der Waals surface area contributed by atoms with E-state index in [0.717, 1.165) is 88.3 Å². The average molecular weight is 938 g/mol. The fourth-order valence-electron chi connectivity index (χ4n) is 10.5. The summed E-state index contributed by atoms with van der Waals surface area (Å²) in [6.45, 7) is 16.1. The molecule has 2 aromatic heterocycles. The molecule has 12 rings (SSSR count). The number of fused-ring (bicyclic) bond motifs is 6. The molecule has 0 N–H and O–H groups in total. The predicted molar refractivity (Wildman–Crippen MR) is 293 cm³/mol. The summed E-state index contributed by atoms with van der Waals surface area (Å²) >= 11 is 0. The molecule has 0 bridgehead atoms. The zero-order chi connectivity index (χ0) is 49.4. The first kappa shape index (κ1) is 44.3. The number of aromatic nitrogens is 2. The summed E-state index contributed by atoms with van der Waals surface area (Å²) < 4.78 is 55.0. The van der Waals surface area contributed by atoms with E-state index in [1.165, 1.54) is 0 Å². The Hall–Kier alpha value is -8.92. The van der Waals surface area contributed by atoms with Crippen LogP contribution in [0.3, 0.4) is 0 Å². The van der Waals surface area contributed by atoms with Crippen LogP contribution >= 0.6 is 0 Å². The molecule has 0 aliphatic rings. The number of hydrogen-bond donors (Lipinski definition) is 0. The maximum Gasteiger partial charge on any atom is 0.420 e. The van der Waals surface area contributed by atoms with E-state index in [9.17, 15) is 0 Å². The van der Waals surface area contributed by atoms with Crippen molar-refractivity contribution in [3.8, 4) is 67.0 Å². The second-order valence-corrected chi connectivity index (χ2v) is 19.1. The monoisotopic (exact) mass is 937 g/mol. The molecule has 0 fully saturated rings. The molecule has 12 aromatic rings. The van der Waals surface area contributed by atoms with Crippen molar-refractivity contribution in [2.24, 2.45) is 0 Å². The molecule has 0 aliphatic heterocycles. The van der Waals surface area contributed by atoms with Gasteiger partial charge in [-0.25, -0.2) is 4.85 Å². The van der Waals surface area contributed by atoms with Crippen LogP contribution in [-0.4, -0.2) is 9.13 Å². The summed E-state index contributed by atoms with van der Waals surface area (Å²) in [6.07, 6.45) is -4.88. The van der Waals surface area contributed by atoms with Crippen LogP contribution in [0.1, 0.15) is 27.8 Å². The molecule has 0 saturated heterocycles. The van der Waals surface area contributed by atoms with E-state index in [1.807, 2.05) is 53.1 Å². The Balaban J connectivity index is 1.20. The topological polar surface area (TPSA) is 14.2 Å². The molecule has 6 heteroatoms. The lowest BCUT2D eigenvalue weighted by Gasteiger charge is -2.24. The third-order valence-electron chi connectivity index (χ3n) is 14.3.